The molecule has 0 fully saturated rings. The molecule has 0 radical (unpaired) electrons. The molecule has 0 aliphatic carbocycles. The minimum absolute atomic E-state index is 0.644. The normalized spacial score (nSPS) is 11.0. The molecule has 0 unspecified atom stereocenters. The SMILES string of the molecule is c1ccc(-c2nc(-c3ccccc3)nc(-c3ccc4cc(-c5ccc(-c6ccccn6)cn5)ccc4c3)n2)cc1. The van der Waals surface area contributed by atoms with Gasteiger partial charge in [0.1, 0.15) is 0 Å². The summed E-state index contributed by atoms with van der Waals surface area (Å²) in [5, 5.41) is 2.23. The third kappa shape index (κ3) is 4.72. The predicted molar refractivity (Wildman–Crippen MR) is 160 cm³/mol. The molecule has 4 aromatic carbocycles. The molecule has 5 nitrogen and oxygen atoms in total. The summed E-state index contributed by atoms with van der Waals surface area (Å²) in [6.07, 6.45) is 3.67. The summed E-state index contributed by atoms with van der Waals surface area (Å²) in [5.41, 5.74) is 6.74. The van der Waals surface area contributed by atoms with Crippen LogP contribution in [0.2, 0.25) is 0 Å². The van der Waals surface area contributed by atoms with Crippen molar-refractivity contribution in [3.05, 3.63) is 140 Å². The van der Waals surface area contributed by atoms with Crippen LogP contribution in [0.15, 0.2) is 140 Å². The lowest BCUT2D eigenvalue weighted by Crippen LogP contribution is -2.00. The molecule has 0 aliphatic heterocycles. The van der Waals surface area contributed by atoms with Crippen LogP contribution < -0.4 is 0 Å². The van der Waals surface area contributed by atoms with E-state index in [1.54, 1.807) is 6.20 Å². The van der Waals surface area contributed by atoms with Crippen molar-refractivity contribution in [1.82, 2.24) is 24.9 Å². The predicted octanol–water partition coefficient (Wildman–Crippen LogP) is 8.15. The highest BCUT2D eigenvalue weighted by molar-refractivity contribution is 5.90. The van der Waals surface area contributed by atoms with Crippen molar-refractivity contribution in [2.24, 2.45) is 0 Å². The average Bonchev–Trinajstić information content (AvgIpc) is 3.05. The first kappa shape index (κ1) is 23.6. The first-order chi connectivity index (χ1) is 19.8. The smallest absolute Gasteiger partial charge is 0.164 e. The van der Waals surface area contributed by atoms with Crippen molar-refractivity contribution in [2.45, 2.75) is 0 Å². The van der Waals surface area contributed by atoms with E-state index >= 15 is 0 Å². The minimum atomic E-state index is 0.644. The van der Waals surface area contributed by atoms with Gasteiger partial charge in [0.15, 0.2) is 17.5 Å². The van der Waals surface area contributed by atoms with E-state index in [2.05, 4.69) is 47.4 Å². The van der Waals surface area contributed by atoms with Crippen LogP contribution in [0.4, 0.5) is 0 Å². The molecule has 5 heteroatoms. The molecular weight excluding hydrogens is 490 g/mol. The van der Waals surface area contributed by atoms with Crippen molar-refractivity contribution in [3.8, 4) is 56.7 Å². The van der Waals surface area contributed by atoms with Gasteiger partial charge in [0, 0.05) is 40.2 Å². The molecule has 0 amide bonds. The number of benzene rings is 4. The van der Waals surface area contributed by atoms with Gasteiger partial charge < -0.3 is 0 Å². The van der Waals surface area contributed by atoms with Gasteiger partial charge in [0.25, 0.3) is 0 Å². The van der Waals surface area contributed by atoms with Gasteiger partial charge in [-0.05, 0) is 47.2 Å². The van der Waals surface area contributed by atoms with Gasteiger partial charge in [-0.25, -0.2) is 15.0 Å². The number of rotatable bonds is 5. The molecule has 0 bridgehead atoms. The Kier molecular flexibility index (Phi) is 6.07. The Morgan fingerprint density at radius 3 is 1.45 bits per heavy atom. The zero-order valence-corrected chi connectivity index (χ0v) is 21.5. The number of fused-ring (bicyclic) bond motifs is 1. The second kappa shape index (κ2) is 10.3. The van der Waals surface area contributed by atoms with E-state index in [0.29, 0.717) is 17.5 Å². The van der Waals surface area contributed by atoms with Crippen molar-refractivity contribution in [3.63, 3.8) is 0 Å². The van der Waals surface area contributed by atoms with Crippen LogP contribution in [-0.2, 0) is 0 Å². The van der Waals surface area contributed by atoms with Gasteiger partial charge in [-0.1, -0.05) is 91.0 Å². The summed E-state index contributed by atoms with van der Waals surface area (Å²) in [6, 6.07) is 42.8. The van der Waals surface area contributed by atoms with E-state index in [0.717, 1.165) is 50.0 Å². The molecule has 0 saturated heterocycles. The quantitative estimate of drug-likeness (QED) is 0.232. The molecule has 0 N–H and O–H groups in total. The average molecular weight is 514 g/mol. The van der Waals surface area contributed by atoms with E-state index < -0.39 is 0 Å². The highest BCUT2D eigenvalue weighted by atomic mass is 15.0. The molecule has 0 saturated carbocycles. The molecule has 3 aromatic heterocycles. The summed E-state index contributed by atoms with van der Waals surface area (Å²) in [4.78, 5) is 23.7. The third-order valence-corrected chi connectivity index (χ3v) is 6.82. The highest BCUT2D eigenvalue weighted by Gasteiger charge is 2.13. The van der Waals surface area contributed by atoms with Gasteiger partial charge in [0.05, 0.1) is 11.4 Å². The lowest BCUT2D eigenvalue weighted by Gasteiger charge is -2.10. The minimum Gasteiger partial charge on any atom is -0.256 e. The highest BCUT2D eigenvalue weighted by Crippen LogP contribution is 2.29. The van der Waals surface area contributed by atoms with Crippen LogP contribution in [-0.4, -0.2) is 24.9 Å². The molecule has 3 heterocycles. The van der Waals surface area contributed by atoms with Crippen LogP contribution in [0.1, 0.15) is 0 Å². The van der Waals surface area contributed by atoms with Crippen LogP contribution in [0.25, 0.3) is 67.5 Å². The fraction of sp³-hybridized carbons (Fsp3) is 0. The third-order valence-electron chi connectivity index (χ3n) is 6.82. The van der Waals surface area contributed by atoms with Crippen molar-refractivity contribution in [2.75, 3.05) is 0 Å². The maximum Gasteiger partial charge on any atom is 0.164 e. The van der Waals surface area contributed by atoms with Crippen molar-refractivity contribution in [1.29, 1.82) is 0 Å². The van der Waals surface area contributed by atoms with E-state index in [-0.39, 0.29) is 0 Å². The number of hydrogen-bond acceptors (Lipinski definition) is 5. The van der Waals surface area contributed by atoms with Gasteiger partial charge in [0.2, 0.25) is 0 Å². The number of nitrogens with zero attached hydrogens (tertiary/aromatic N) is 5. The van der Waals surface area contributed by atoms with Crippen molar-refractivity contribution < 1.29 is 0 Å². The monoisotopic (exact) mass is 513 g/mol. The molecular formula is C35H23N5. The molecule has 0 aliphatic rings. The lowest BCUT2D eigenvalue weighted by atomic mass is 10.0. The van der Waals surface area contributed by atoms with E-state index in [9.17, 15) is 0 Å². The first-order valence-electron chi connectivity index (χ1n) is 13.1. The zero-order valence-electron chi connectivity index (χ0n) is 21.5. The molecule has 7 aromatic rings. The molecule has 40 heavy (non-hydrogen) atoms. The van der Waals surface area contributed by atoms with E-state index in [4.69, 9.17) is 19.9 Å². The van der Waals surface area contributed by atoms with Gasteiger partial charge in [-0.3, -0.25) is 9.97 Å². The Morgan fingerprint density at radius 1 is 0.350 bits per heavy atom. The number of pyridine rings is 2. The van der Waals surface area contributed by atoms with Crippen LogP contribution in [0.5, 0.6) is 0 Å². The summed E-state index contributed by atoms with van der Waals surface area (Å²) < 4.78 is 0. The van der Waals surface area contributed by atoms with Crippen LogP contribution >= 0.6 is 0 Å². The molecule has 0 atom stereocenters. The summed E-state index contributed by atoms with van der Waals surface area (Å²) in [7, 11) is 0. The lowest BCUT2D eigenvalue weighted by molar-refractivity contribution is 1.07. The summed E-state index contributed by atoms with van der Waals surface area (Å²) >= 11 is 0. The van der Waals surface area contributed by atoms with Gasteiger partial charge in [-0.15, -0.1) is 0 Å². The Morgan fingerprint density at radius 2 is 0.875 bits per heavy atom. The van der Waals surface area contributed by atoms with E-state index in [1.165, 1.54) is 0 Å². The van der Waals surface area contributed by atoms with Crippen LogP contribution in [0, 0.1) is 0 Å². The Labute approximate surface area is 231 Å². The number of aromatic nitrogens is 5. The Balaban J connectivity index is 1.25. The van der Waals surface area contributed by atoms with Crippen molar-refractivity contribution >= 4 is 10.8 Å². The number of hydrogen-bond donors (Lipinski definition) is 0. The molecule has 7 rings (SSSR count). The Hall–Kier alpha value is -5.55. The second-order valence-corrected chi connectivity index (χ2v) is 9.46. The fourth-order valence-corrected chi connectivity index (χ4v) is 4.73. The van der Waals surface area contributed by atoms with Gasteiger partial charge >= 0.3 is 0 Å². The first-order valence-corrected chi connectivity index (χ1v) is 13.1. The Bertz CT molecular complexity index is 1860. The summed E-state index contributed by atoms with van der Waals surface area (Å²) in [5.74, 6) is 1.95. The largest absolute Gasteiger partial charge is 0.256 e. The van der Waals surface area contributed by atoms with E-state index in [1.807, 2.05) is 91.1 Å². The summed E-state index contributed by atoms with van der Waals surface area (Å²) in [6.45, 7) is 0. The standard InChI is InChI=1S/C35H23N5/c1-3-9-24(10-4-1)33-38-34(25-11-5-2-6-12-25)40-35(39-33)29-17-15-26-21-28(16-14-27(26)22-29)32-19-18-30(23-37-32)31-13-7-8-20-36-31/h1-23H. The maximum absolute atomic E-state index is 4.87. The maximum atomic E-state index is 4.87. The fourth-order valence-electron chi connectivity index (χ4n) is 4.73. The molecule has 0 spiro atoms. The van der Waals surface area contributed by atoms with Gasteiger partial charge in [-0.2, -0.15) is 0 Å². The second-order valence-electron chi connectivity index (χ2n) is 9.46. The topological polar surface area (TPSA) is 64.5 Å². The zero-order chi connectivity index (χ0) is 26.7. The van der Waals surface area contributed by atoms with Crippen LogP contribution in [0.3, 0.4) is 0 Å². The molecule has 188 valence electrons.